The van der Waals surface area contributed by atoms with Crippen LogP contribution < -0.4 is 0 Å². The van der Waals surface area contributed by atoms with Gasteiger partial charge in [0, 0.05) is 18.0 Å². The molecule has 0 saturated carbocycles. The van der Waals surface area contributed by atoms with Crippen molar-refractivity contribution in [3.63, 3.8) is 0 Å². The maximum atomic E-state index is 10.9. The van der Waals surface area contributed by atoms with Gasteiger partial charge in [-0.15, -0.1) is 0 Å². The summed E-state index contributed by atoms with van der Waals surface area (Å²) in [5, 5.41) is 8.94. The number of hydrogen-bond donors (Lipinski definition) is 2. The Labute approximate surface area is 99.3 Å². The van der Waals surface area contributed by atoms with Gasteiger partial charge in [0.05, 0.1) is 5.92 Å². The van der Waals surface area contributed by atoms with Crippen molar-refractivity contribution < 1.29 is 9.90 Å². The average Bonchev–Trinajstić information content (AvgIpc) is 2.83. The monoisotopic (exact) mass is 230 g/mol. The number of nitrogens with one attached hydrogen (secondary N) is 1. The van der Waals surface area contributed by atoms with Gasteiger partial charge in [-0.25, -0.2) is 4.98 Å². The normalized spacial score (nSPS) is 12.3. The Morgan fingerprint density at radius 2 is 2.24 bits per heavy atom. The fourth-order valence-electron chi connectivity index (χ4n) is 1.76. The lowest BCUT2D eigenvalue weighted by molar-refractivity contribution is -0.141. The summed E-state index contributed by atoms with van der Waals surface area (Å²) < 4.78 is 0. The van der Waals surface area contributed by atoms with E-state index in [-0.39, 0.29) is 0 Å². The largest absolute Gasteiger partial charge is 0.481 e. The Morgan fingerprint density at radius 1 is 1.47 bits per heavy atom. The van der Waals surface area contributed by atoms with E-state index in [4.69, 9.17) is 5.11 Å². The summed E-state index contributed by atoms with van der Waals surface area (Å²) in [5.74, 6) is -0.399. The third-order valence-corrected chi connectivity index (χ3v) is 2.72. The number of carboxylic acid groups (broad SMARTS) is 1. The van der Waals surface area contributed by atoms with Crippen molar-refractivity contribution in [3.8, 4) is 11.4 Å². The number of H-pyrrole nitrogens is 1. The van der Waals surface area contributed by atoms with Gasteiger partial charge >= 0.3 is 5.97 Å². The molecule has 17 heavy (non-hydrogen) atoms. The minimum absolute atomic E-state index is 0.397. The Morgan fingerprint density at radius 3 is 2.88 bits per heavy atom. The summed E-state index contributed by atoms with van der Waals surface area (Å²) in [6, 6.07) is 7.73. The molecule has 4 nitrogen and oxygen atoms in total. The smallest absolute Gasteiger partial charge is 0.306 e. The highest BCUT2D eigenvalue weighted by atomic mass is 16.4. The van der Waals surface area contributed by atoms with Gasteiger partial charge in [-0.2, -0.15) is 0 Å². The molecule has 1 aromatic heterocycles. The molecule has 0 radical (unpaired) electrons. The first-order valence-electron chi connectivity index (χ1n) is 5.49. The maximum Gasteiger partial charge on any atom is 0.306 e. The van der Waals surface area contributed by atoms with Gasteiger partial charge in [0.25, 0.3) is 0 Å². The summed E-state index contributed by atoms with van der Waals surface area (Å²) in [6.45, 7) is 1.71. The number of benzene rings is 1. The minimum atomic E-state index is -0.778. The summed E-state index contributed by atoms with van der Waals surface area (Å²) >= 11 is 0. The van der Waals surface area contributed by atoms with Gasteiger partial charge in [0.1, 0.15) is 5.82 Å². The van der Waals surface area contributed by atoms with Crippen LogP contribution in [0.25, 0.3) is 11.4 Å². The lowest BCUT2D eigenvalue weighted by atomic mass is 9.96. The second kappa shape index (κ2) is 4.82. The van der Waals surface area contributed by atoms with Crippen LogP contribution in [0.4, 0.5) is 0 Å². The van der Waals surface area contributed by atoms with Gasteiger partial charge in [0.2, 0.25) is 0 Å². The number of rotatable bonds is 4. The maximum absolute atomic E-state index is 10.9. The Bertz CT molecular complexity index is 506. The lowest BCUT2D eigenvalue weighted by Gasteiger charge is -2.10. The topological polar surface area (TPSA) is 66.0 Å². The number of aromatic nitrogens is 2. The zero-order chi connectivity index (χ0) is 12.3. The molecule has 1 aromatic carbocycles. The molecule has 0 amide bonds. The lowest BCUT2D eigenvalue weighted by Crippen LogP contribution is -2.12. The van der Waals surface area contributed by atoms with Crippen molar-refractivity contribution in [3.05, 3.63) is 42.2 Å². The van der Waals surface area contributed by atoms with Crippen LogP contribution in [0.15, 0.2) is 36.7 Å². The van der Waals surface area contributed by atoms with Crippen LogP contribution in [-0.2, 0) is 11.2 Å². The first kappa shape index (κ1) is 11.4. The number of aliphatic carboxylic acids is 1. The molecule has 1 atom stereocenters. The van der Waals surface area contributed by atoms with Crippen LogP contribution in [0.1, 0.15) is 12.5 Å². The average molecular weight is 230 g/mol. The van der Waals surface area contributed by atoms with Crippen molar-refractivity contribution in [2.75, 3.05) is 0 Å². The molecule has 88 valence electrons. The standard InChI is InChI=1S/C13H14N2O2/c1-9(13(16)17)8-10-4-2-3-5-11(10)12-14-6-7-15-12/h2-7,9H,8H2,1H3,(H,14,15)(H,16,17). The Hall–Kier alpha value is -2.10. The molecule has 2 aromatic rings. The van der Waals surface area contributed by atoms with Crippen LogP contribution >= 0.6 is 0 Å². The van der Waals surface area contributed by atoms with Gasteiger partial charge < -0.3 is 10.1 Å². The highest BCUT2D eigenvalue weighted by Gasteiger charge is 2.15. The quantitative estimate of drug-likeness (QED) is 0.847. The van der Waals surface area contributed by atoms with Crippen LogP contribution in [0.2, 0.25) is 0 Å². The van der Waals surface area contributed by atoms with E-state index in [1.54, 1.807) is 19.3 Å². The predicted molar refractivity (Wildman–Crippen MR) is 64.5 cm³/mol. The van der Waals surface area contributed by atoms with Crippen molar-refractivity contribution in [2.24, 2.45) is 5.92 Å². The molecule has 2 rings (SSSR count). The van der Waals surface area contributed by atoms with E-state index in [0.717, 1.165) is 17.0 Å². The molecule has 0 spiro atoms. The van der Waals surface area contributed by atoms with Crippen LogP contribution in [0.5, 0.6) is 0 Å². The van der Waals surface area contributed by atoms with E-state index in [9.17, 15) is 4.79 Å². The van der Waals surface area contributed by atoms with Gasteiger partial charge in [-0.3, -0.25) is 4.79 Å². The molecular weight excluding hydrogens is 216 g/mol. The SMILES string of the molecule is CC(Cc1ccccc1-c1ncc[nH]1)C(=O)O. The first-order valence-corrected chi connectivity index (χ1v) is 5.49. The van der Waals surface area contributed by atoms with Gasteiger partial charge in [-0.1, -0.05) is 31.2 Å². The summed E-state index contributed by atoms with van der Waals surface area (Å²) in [5.41, 5.74) is 1.96. The first-order chi connectivity index (χ1) is 8.18. The van der Waals surface area contributed by atoms with Gasteiger partial charge in [0.15, 0.2) is 0 Å². The molecule has 0 bridgehead atoms. The zero-order valence-electron chi connectivity index (χ0n) is 9.55. The van der Waals surface area contributed by atoms with Crippen molar-refractivity contribution in [2.45, 2.75) is 13.3 Å². The molecule has 0 fully saturated rings. The molecule has 1 heterocycles. The second-order valence-electron chi connectivity index (χ2n) is 4.04. The molecular formula is C13H14N2O2. The summed E-state index contributed by atoms with van der Waals surface area (Å²) in [4.78, 5) is 18.1. The van der Waals surface area contributed by atoms with Crippen molar-refractivity contribution >= 4 is 5.97 Å². The highest BCUT2D eigenvalue weighted by molar-refractivity contribution is 5.71. The van der Waals surface area contributed by atoms with Crippen molar-refractivity contribution in [1.82, 2.24) is 9.97 Å². The number of carbonyl (C=O) groups is 1. The molecule has 1 unspecified atom stereocenters. The molecule has 2 N–H and O–H groups in total. The van der Waals surface area contributed by atoms with E-state index in [0.29, 0.717) is 6.42 Å². The van der Waals surface area contributed by atoms with E-state index >= 15 is 0 Å². The molecule has 4 heteroatoms. The van der Waals surface area contributed by atoms with Crippen molar-refractivity contribution in [1.29, 1.82) is 0 Å². The number of nitrogens with zero attached hydrogens (tertiary/aromatic N) is 1. The van der Waals surface area contributed by atoms with Crippen LogP contribution in [0.3, 0.4) is 0 Å². The highest BCUT2D eigenvalue weighted by Crippen LogP contribution is 2.22. The van der Waals surface area contributed by atoms with Crippen LogP contribution in [0, 0.1) is 5.92 Å². The third-order valence-electron chi connectivity index (χ3n) is 2.72. The second-order valence-corrected chi connectivity index (χ2v) is 4.04. The zero-order valence-corrected chi connectivity index (χ0v) is 9.55. The Balaban J connectivity index is 2.32. The number of imidazole rings is 1. The number of carboxylic acids is 1. The van der Waals surface area contributed by atoms with E-state index in [1.807, 2.05) is 24.3 Å². The molecule has 0 aliphatic rings. The molecule has 0 saturated heterocycles. The summed E-state index contributed by atoms with van der Waals surface area (Å²) in [6.07, 6.45) is 3.95. The molecule has 0 aliphatic heterocycles. The van der Waals surface area contributed by atoms with Gasteiger partial charge in [-0.05, 0) is 12.0 Å². The predicted octanol–water partition coefficient (Wildman–Crippen LogP) is 2.34. The third kappa shape index (κ3) is 2.53. The molecule has 0 aliphatic carbocycles. The number of hydrogen-bond acceptors (Lipinski definition) is 2. The fraction of sp³-hybridized carbons (Fsp3) is 0.231. The summed E-state index contributed by atoms with van der Waals surface area (Å²) in [7, 11) is 0. The Kier molecular flexibility index (Phi) is 3.23. The fourth-order valence-corrected chi connectivity index (χ4v) is 1.76. The van der Waals surface area contributed by atoms with E-state index in [1.165, 1.54) is 0 Å². The van der Waals surface area contributed by atoms with Crippen LogP contribution in [-0.4, -0.2) is 21.0 Å². The van der Waals surface area contributed by atoms with E-state index in [2.05, 4.69) is 9.97 Å². The minimum Gasteiger partial charge on any atom is -0.481 e. The number of aromatic amines is 1. The van der Waals surface area contributed by atoms with E-state index < -0.39 is 11.9 Å².